The number of rotatable bonds is 7. The van der Waals surface area contributed by atoms with Gasteiger partial charge in [0.25, 0.3) is 0 Å². The maximum absolute atomic E-state index is 10.9. The molecule has 0 heterocycles. The van der Waals surface area contributed by atoms with E-state index in [0.29, 0.717) is 6.04 Å². The van der Waals surface area contributed by atoms with E-state index in [9.17, 15) is 4.79 Å². The Hall–Kier alpha value is -2.29. The highest BCUT2D eigenvalue weighted by Gasteiger charge is 2.10. The quantitative estimate of drug-likeness (QED) is 0.814. The molecule has 2 aromatic carbocycles. The van der Waals surface area contributed by atoms with E-state index in [2.05, 4.69) is 36.5 Å². The Bertz CT molecular complexity index is 564. The van der Waals surface area contributed by atoms with Crippen molar-refractivity contribution in [3.63, 3.8) is 0 Å². The van der Waals surface area contributed by atoms with Gasteiger partial charge >= 0.3 is 0 Å². The Morgan fingerprint density at radius 3 is 2.33 bits per heavy atom. The van der Waals surface area contributed by atoms with E-state index >= 15 is 0 Å². The molecule has 0 saturated carbocycles. The number of hydrogen-bond acceptors (Lipinski definition) is 2. The van der Waals surface area contributed by atoms with Crippen LogP contribution in [0, 0.1) is 0 Å². The van der Waals surface area contributed by atoms with Crippen molar-refractivity contribution in [3.8, 4) is 0 Å². The van der Waals surface area contributed by atoms with Crippen molar-refractivity contribution in [2.24, 2.45) is 5.73 Å². The van der Waals surface area contributed by atoms with E-state index in [4.69, 9.17) is 5.73 Å². The average molecular weight is 282 g/mol. The smallest absolute Gasteiger partial charge is 0.221 e. The number of nitrogens with one attached hydrogen (secondary N) is 1. The summed E-state index contributed by atoms with van der Waals surface area (Å²) in [4.78, 5) is 10.9. The molecule has 0 radical (unpaired) electrons. The number of carbonyl (C=O) groups excluding carboxylic acids is 1. The monoisotopic (exact) mass is 282 g/mol. The van der Waals surface area contributed by atoms with Gasteiger partial charge in [0.1, 0.15) is 0 Å². The zero-order chi connectivity index (χ0) is 15.1. The minimum absolute atomic E-state index is 0.289. The molecule has 21 heavy (non-hydrogen) atoms. The first-order valence-electron chi connectivity index (χ1n) is 7.37. The summed E-state index contributed by atoms with van der Waals surface area (Å²) in [7, 11) is 0. The Kier molecular flexibility index (Phi) is 5.38. The second-order valence-corrected chi connectivity index (χ2v) is 5.24. The molecule has 1 atom stereocenters. The molecule has 1 unspecified atom stereocenters. The molecule has 0 fully saturated rings. The lowest BCUT2D eigenvalue weighted by molar-refractivity contribution is -0.117. The molecule has 0 bridgehead atoms. The van der Waals surface area contributed by atoms with Gasteiger partial charge in [0, 0.05) is 5.69 Å². The fraction of sp³-hybridized carbons (Fsp3) is 0.278. The summed E-state index contributed by atoms with van der Waals surface area (Å²) in [5.74, 6) is -0.302. The molecule has 1 amide bonds. The SMILES string of the molecule is CCCC(Nc1ccc(CC(N)=O)cc1)c1ccccc1. The topological polar surface area (TPSA) is 55.1 Å². The fourth-order valence-corrected chi connectivity index (χ4v) is 2.42. The zero-order valence-corrected chi connectivity index (χ0v) is 12.4. The van der Waals surface area contributed by atoms with E-state index in [1.165, 1.54) is 5.56 Å². The van der Waals surface area contributed by atoms with Crippen molar-refractivity contribution >= 4 is 11.6 Å². The van der Waals surface area contributed by atoms with Crippen LogP contribution in [0.25, 0.3) is 0 Å². The molecule has 0 aliphatic heterocycles. The lowest BCUT2D eigenvalue weighted by Crippen LogP contribution is -2.14. The number of carbonyl (C=O) groups is 1. The highest BCUT2D eigenvalue weighted by molar-refractivity contribution is 5.76. The molecular formula is C18H22N2O. The summed E-state index contributed by atoms with van der Waals surface area (Å²) < 4.78 is 0. The molecule has 3 heteroatoms. The first-order chi connectivity index (χ1) is 10.2. The first kappa shape index (κ1) is 15.1. The molecule has 0 saturated heterocycles. The third-order valence-electron chi connectivity index (χ3n) is 3.45. The number of hydrogen-bond donors (Lipinski definition) is 2. The summed E-state index contributed by atoms with van der Waals surface area (Å²) in [6.45, 7) is 2.19. The van der Waals surface area contributed by atoms with Gasteiger partial charge in [-0.05, 0) is 29.7 Å². The number of anilines is 1. The molecule has 0 aromatic heterocycles. The molecule has 110 valence electrons. The van der Waals surface area contributed by atoms with Gasteiger partial charge in [-0.15, -0.1) is 0 Å². The third-order valence-corrected chi connectivity index (χ3v) is 3.45. The molecule has 2 aromatic rings. The number of nitrogens with two attached hydrogens (primary N) is 1. The average Bonchev–Trinajstić information content (AvgIpc) is 2.49. The third kappa shape index (κ3) is 4.63. The molecular weight excluding hydrogens is 260 g/mol. The van der Waals surface area contributed by atoms with Gasteiger partial charge in [-0.2, -0.15) is 0 Å². The maximum atomic E-state index is 10.9. The van der Waals surface area contributed by atoms with Crippen LogP contribution in [0.5, 0.6) is 0 Å². The summed E-state index contributed by atoms with van der Waals surface area (Å²) in [5, 5.41) is 3.56. The minimum atomic E-state index is -0.302. The highest BCUT2D eigenvalue weighted by Crippen LogP contribution is 2.24. The van der Waals surface area contributed by atoms with Gasteiger partial charge < -0.3 is 11.1 Å². The van der Waals surface area contributed by atoms with Crippen LogP contribution in [0.4, 0.5) is 5.69 Å². The molecule has 0 aliphatic carbocycles. The molecule has 3 N–H and O–H groups in total. The Morgan fingerprint density at radius 1 is 1.10 bits per heavy atom. The van der Waals surface area contributed by atoms with Crippen molar-refractivity contribution in [1.82, 2.24) is 0 Å². The van der Waals surface area contributed by atoms with E-state index in [0.717, 1.165) is 24.1 Å². The lowest BCUT2D eigenvalue weighted by Gasteiger charge is -2.20. The normalized spacial score (nSPS) is 11.9. The van der Waals surface area contributed by atoms with Crippen LogP contribution in [0.3, 0.4) is 0 Å². The summed E-state index contributed by atoms with van der Waals surface area (Å²) in [5.41, 5.74) is 8.50. The van der Waals surface area contributed by atoms with Crippen molar-refractivity contribution < 1.29 is 4.79 Å². The van der Waals surface area contributed by atoms with Gasteiger partial charge in [-0.25, -0.2) is 0 Å². The van der Waals surface area contributed by atoms with Gasteiger partial charge in [0.2, 0.25) is 5.91 Å². The number of primary amides is 1. The maximum Gasteiger partial charge on any atom is 0.221 e. The van der Waals surface area contributed by atoms with Crippen LogP contribution < -0.4 is 11.1 Å². The van der Waals surface area contributed by atoms with Crippen molar-refractivity contribution in [2.75, 3.05) is 5.32 Å². The van der Waals surface area contributed by atoms with Crippen LogP contribution >= 0.6 is 0 Å². The van der Waals surface area contributed by atoms with Crippen molar-refractivity contribution in [2.45, 2.75) is 32.2 Å². The number of benzene rings is 2. The van der Waals surface area contributed by atoms with E-state index in [-0.39, 0.29) is 12.3 Å². The second kappa shape index (κ2) is 7.48. The zero-order valence-electron chi connectivity index (χ0n) is 12.4. The molecule has 0 aliphatic rings. The molecule has 3 nitrogen and oxygen atoms in total. The highest BCUT2D eigenvalue weighted by atomic mass is 16.1. The van der Waals surface area contributed by atoms with Gasteiger partial charge in [-0.1, -0.05) is 55.8 Å². The standard InChI is InChI=1S/C18H22N2O/c1-2-6-17(15-7-4-3-5-8-15)20-16-11-9-14(10-12-16)13-18(19)21/h3-5,7-12,17,20H,2,6,13H2,1H3,(H2,19,21). The minimum Gasteiger partial charge on any atom is -0.378 e. The van der Waals surface area contributed by atoms with Gasteiger partial charge in [0.05, 0.1) is 12.5 Å². The van der Waals surface area contributed by atoms with Gasteiger partial charge in [-0.3, -0.25) is 4.79 Å². The van der Waals surface area contributed by atoms with E-state index in [1.54, 1.807) is 0 Å². The molecule has 0 spiro atoms. The fourth-order valence-electron chi connectivity index (χ4n) is 2.42. The Labute approximate surface area is 126 Å². The predicted octanol–water partition coefficient (Wildman–Crippen LogP) is 3.67. The van der Waals surface area contributed by atoms with Crippen LogP contribution in [-0.4, -0.2) is 5.91 Å². The molecule has 2 rings (SSSR count). The van der Waals surface area contributed by atoms with Crippen LogP contribution in [0.15, 0.2) is 54.6 Å². The van der Waals surface area contributed by atoms with Crippen LogP contribution in [-0.2, 0) is 11.2 Å². The van der Waals surface area contributed by atoms with Gasteiger partial charge in [0.15, 0.2) is 0 Å². The summed E-state index contributed by atoms with van der Waals surface area (Å²) in [6.07, 6.45) is 2.48. The predicted molar refractivity (Wildman–Crippen MR) is 87.1 cm³/mol. The van der Waals surface area contributed by atoms with E-state index in [1.807, 2.05) is 30.3 Å². The second-order valence-electron chi connectivity index (χ2n) is 5.24. The van der Waals surface area contributed by atoms with Crippen molar-refractivity contribution in [3.05, 3.63) is 65.7 Å². The van der Waals surface area contributed by atoms with Crippen LogP contribution in [0.1, 0.15) is 36.9 Å². The lowest BCUT2D eigenvalue weighted by atomic mass is 10.0. The Morgan fingerprint density at radius 2 is 1.76 bits per heavy atom. The van der Waals surface area contributed by atoms with Crippen molar-refractivity contribution in [1.29, 1.82) is 0 Å². The number of amides is 1. The summed E-state index contributed by atoms with van der Waals surface area (Å²) in [6, 6.07) is 18.7. The summed E-state index contributed by atoms with van der Waals surface area (Å²) >= 11 is 0. The van der Waals surface area contributed by atoms with E-state index < -0.39 is 0 Å². The largest absolute Gasteiger partial charge is 0.378 e. The Balaban J connectivity index is 2.08. The van der Waals surface area contributed by atoms with Crippen LogP contribution in [0.2, 0.25) is 0 Å². The first-order valence-corrected chi connectivity index (χ1v) is 7.37.